The number of hydrogen-bond acceptors (Lipinski definition) is 2. The van der Waals surface area contributed by atoms with Gasteiger partial charge in [-0.1, -0.05) is 29.8 Å². The highest BCUT2D eigenvalue weighted by Crippen LogP contribution is 2.25. The predicted octanol–water partition coefficient (Wildman–Crippen LogP) is 1.90. The number of benzene rings is 1. The zero-order chi connectivity index (χ0) is 11.5. The Bertz CT molecular complexity index is 425. The summed E-state index contributed by atoms with van der Waals surface area (Å²) < 4.78 is 0. The van der Waals surface area contributed by atoms with Crippen molar-refractivity contribution in [1.29, 1.82) is 5.26 Å². The Morgan fingerprint density at radius 1 is 1.60 bits per heavy atom. The maximum absolute atomic E-state index is 11.1. The van der Waals surface area contributed by atoms with E-state index in [1.165, 1.54) is 6.92 Å². The van der Waals surface area contributed by atoms with E-state index in [-0.39, 0.29) is 6.42 Å². The van der Waals surface area contributed by atoms with E-state index >= 15 is 0 Å². The molecular weight excluding hydrogens is 212 g/mol. The number of nitrogens with zero attached hydrogens (tertiary/aromatic N) is 1. The first-order chi connectivity index (χ1) is 6.99. The van der Waals surface area contributed by atoms with Crippen molar-refractivity contribution >= 4 is 17.5 Å². The highest BCUT2D eigenvalue weighted by Gasteiger charge is 2.31. The van der Waals surface area contributed by atoms with Crippen LogP contribution in [0.1, 0.15) is 12.5 Å². The standard InChI is InChI=1S/C11H11ClN2O/c1-11(7-13,10(14)15)6-8-4-2-3-5-9(8)12/h2-5H,6H2,1H3,(H2,14,15)/t11-/m0/s1. The molecule has 0 saturated carbocycles. The highest BCUT2D eigenvalue weighted by atomic mass is 35.5. The third-order valence-electron chi connectivity index (χ3n) is 2.29. The van der Waals surface area contributed by atoms with Crippen molar-refractivity contribution in [3.8, 4) is 6.07 Å². The Morgan fingerprint density at radius 2 is 2.20 bits per heavy atom. The van der Waals surface area contributed by atoms with Crippen LogP contribution >= 0.6 is 11.6 Å². The van der Waals surface area contributed by atoms with Crippen LogP contribution in [0.3, 0.4) is 0 Å². The van der Waals surface area contributed by atoms with Crippen molar-refractivity contribution in [2.45, 2.75) is 13.3 Å². The molecule has 1 rings (SSSR count). The lowest BCUT2D eigenvalue weighted by molar-refractivity contribution is -0.124. The van der Waals surface area contributed by atoms with Gasteiger partial charge in [0.05, 0.1) is 6.07 Å². The first-order valence-corrected chi connectivity index (χ1v) is 4.82. The zero-order valence-electron chi connectivity index (χ0n) is 8.33. The molecule has 1 aromatic carbocycles. The fourth-order valence-corrected chi connectivity index (χ4v) is 1.41. The summed E-state index contributed by atoms with van der Waals surface area (Å²) in [6.07, 6.45) is 0.235. The molecule has 78 valence electrons. The van der Waals surface area contributed by atoms with Crippen LogP contribution in [0.25, 0.3) is 0 Å². The lowest BCUT2D eigenvalue weighted by atomic mass is 9.84. The number of primary amides is 1. The van der Waals surface area contributed by atoms with Crippen LogP contribution in [0.4, 0.5) is 0 Å². The second kappa shape index (κ2) is 4.33. The van der Waals surface area contributed by atoms with Crippen LogP contribution in [0.15, 0.2) is 24.3 Å². The van der Waals surface area contributed by atoms with Crippen LogP contribution in [0, 0.1) is 16.7 Å². The lowest BCUT2D eigenvalue weighted by Gasteiger charge is -2.17. The minimum absolute atomic E-state index is 0.235. The second-order valence-electron chi connectivity index (χ2n) is 3.58. The molecule has 0 radical (unpaired) electrons. The topological polar surface area (TPSA) is 66.9 Å². The Balaban J connectivity index is 3.01. The van der Waals surface area contributed by atoms with Gasteiger partial charge in [0.2, 0.25) is 5.91 Å². The van der Waals surface area contributed by atoms with Gasteiger partial charge in [0.1, 0.15) is 5.41 Å². The molecule has 0 spiro atoms. The molecule has 0 bridgehead atoms. The van der Waals surface area contributed by atoms with Crippen molar-refractivity contribution in [3.05, 3.63) is 34.9 Å². The molecule has 0 fully saturated rings. The van der Waals surface area contributed by atoms with Gasteiger partial charge in [-0.3, -0.25) is 4.79 Å². The number of amides is 1. The first kappa shape index (κ1) is 11.5. The molecule has 15 heavy (non-hydrogen) atoms. The molecule has 2 N–H and O–H groups in total. The molecule has 0 heterocycles. The van der Waals surface area contributed by atoms with Crippen molar-refractivity contribution in [1.82, 2.24) is 0 Å². The van der Waals surface area contributed by atoms with Gasteiger partial charge in [0, 0.05) is 11.4 Å². The molecule has 0 aliphatic rings. The van der Waals surface area contributed by atoms with Gasteiger partial charge in [0.25, 0.3) is 0 Å². The highest BCUT2D eigenvalue weighted by molar-refractivity contribution is 6.31. The summed E-state index contributed by atoms with van der Waals surface area (Å²) in [6, 6.07) is 9.01. The molecule has 1 aromatic rings. The van der Waals surface area contributed by atoms with Crippen LogP contribution in [-0.2, 0) is 11.2 Å². The van der Waals surface area contributed by atoms with Crippen molar-refractivity contribution in [2.24, 2.45) is 11.1 Å². The average molecular weight is 223 g/mol. The van der Waals surface area contributed by atoms with E-state index in [2.05, 4.69) is 0 Å². The lowest BCUT2D eigenvalue weighted by Crippen LogP contribution is -2.35. The third kappa shape index (κ3) is 2.48. The number of carbonyl (C=O) groups excluding carboxylic acids is 1. The monoisotopic (exact) mass is 222 g/mol. The van der Waals surface area contributed by atoms with Gasteiger partial charge in [-0.2, -0.15) is 5.26 Å². The molecule has 1 amide bonds. The summed E-state index contributed by atoms with van der Waals surface area (Å²) in [5.74, 6) is -0.634. The SMILES string of the molecule is C[C@@](C#N)(Cc1ccccc1Cl)C(N)=O. The van der Waals surface area contributed by atoms with Crippen molar-refractivity contribution in [3.63, 3.8) is 0 Å². The van der Waals surface area contributed by atoms with E-state index in [1.807, 2.05) is 6.07 Å². The molecule has 4 heteroatoms. The average Bonchev–Trinajstić information content (AvgIpc) is 2.21. The van der Waals surface area contributed by atoms with Crippen LogP contribution in [0.2, 0.25) is 5.02 Å². The summed E-state index contributed by atoms with van der Waals surface area (Å²) in [6.45, 7) is 1.51. The molecule has 1 atom stereocenters. The van der Waals surface area contributed by atoms with E-state index in [0.29, 0.717) is 5.02 Å². The fourth-order valence-electron chi connectivity index (χ4n) is 1.20. The minimum Gasteiger partial charge on any atom is -0.368 e. The van der Waals surface area contributed by atoms with Crippen LogP contribution in [0.5, 0.6) is 0 Å². The maximum atomic E-state index is 11.1. The van der Waals surface area contributed by atoms with E-state index in [4.69, 9.17) is 22.6 Å². The van der Waals surface area contributed by atoms with E-state index in [0.717, 1.165) is 5.56 Å². The van der Waals surface area contributed by atoms with Crippen LogP contribution in [-0.4, -0.2) is 5.91 Å². The van der Waals surface area contributed by atoms with Gasteiger partial charge in [-0.25, -0.2) is 0 Å². The Morgan fingerprint density at radius 3 is 2.67 bits per heavy atom. The zero-order valence-corrected chi connectivity index (χ0v) is 9.08. The normalized spacial score (nSPS) is 13.9. The second-order valence-corrected chi connectivity index (χ2v) is 3.98. The number of hydrogen-bond donors (Lipinski definition) is 1. The summed E-state index contributed by atoms with van der Waals surface area (Å²) in [5.41, 5.74) is 4.72. The molecule has 0 unspecified atom stereocenters. The summed E-state index contributed by atoms with van der Waals surface area (Å²) in [7, 11) is 0. The summed E-state index contributed by atoms with van der Waals surface area (Å²) in [4.78, 5) is 11.1. The molecule has 3 nitrogen and oxygen atoms in total. The van der Waals surface area contributed by atoms with E-state index < -0.39 is 11.3 Å². The number of nitrogens with two attached hydrogens (primary N) is 1. The Labute approximate surface area is 93.5 Å². The van der Waals surface area contributed by atoms with Crippen molar-refractivity contribution in [2.75, 3.05) is 0 Å². The summed E-state index contributed by atoms with van der Waals surface area (Å²) in [5, 5.41) is 9.46. The number of nitriles is 1. The smallest absolute Gasteiger partial charge is 0.237 e. The van der Waals surface area contributed by atoms with E-state index in [9.17, 15) is 4.79 Å². The molecule has 0 aromatic heterocycles. The maximum Gasteiger partial charge on any atom is 0.237 e. The van der Waals surface area contributed by atoms with Gasteiger partial charge in [-0.05, 0) is 18.6 Å². The van der Waals surface area contributed by atoms with Gasteiger partial charge in [-0.15, -0.1) is 0 Å². The Kier molecular flexibility index (Phi) is 3.33. The molecule has 0 aliphatic heterocycles. The largest absolute Gasteiger partial charge is 0.368 e. The predicted molar refractivity (Wildman–Crippen MR) is 58.1 cm³/mol. The quantitative estimate of drug-likeness (QED) is 0.849. The Hall–Kier alpha value is -1.53. The van der Waals surface area contributed by atoms with Gasteiger partial charge < -0.3 is 5.73 Å². The number of halogens is 1. The van der Waals surface area contributed by atoms with Crippen LogP contribution < -0.4 is 5.73 Å². The van der Waals surface area contributed by atoms with Gasteiger partial charge in [0.15, 0.2) is 0 Å². The first-order valence-electron chi connectivity index (χ1n) is 4.44. The molecule has 0 saturated heterocycles. The molecular formula is C11H11ClN2O. The minimum atomic E-state index is -1.20. The summed E-state index contributed by atoms with van der Waals surface area (Å²) >= 11 is 5.93. The fraction of sp³-hybridized carbons (Fsp3) is 0.273. The third-order valence-corrected chi connectivity index (χ3v) is 2.66. The number of rotatable bonds is 3. The van der Waals surface area contributed by atoms with Crippen molar-refractivity contribution < 1.29 is 4.79 Å². The van der Waals surface area contributed by atoms with Gasteiger partial charge >= 0.3 is 0 Å². The number of carbonyl (C=O) groups is 1. The molecule has 0 aliphatic carbocycles. The van der Waals surface area contributed by atoms with E-state index in [1.54, 1.807) is 24.3 Å².